The zero-order valence-electron chi connectivity index (χ0n) is 11.2. The van der Waals surface area contributed by atoms with Crippen molar-refractivity contribution in [3.63, 3.8) is 0 Å². The predicted molar refractivity (Wildman–Crippen MR) is 94.6 cm³/mol. The van der Waals surface area contributed by atoms with Crippen molar-refractivity contribution >= 4 is 47.9 Å². The van der Waals surface area contributed by atoms with Crippen LogP contribution in [0.25, 0.3) is 0 Å². The molecule has 0 saturated heterocycles. The Morgan fingerprint density at radius 2 is 1.06 bits per heavy atom. The van der Waals surface area contributed by atoms with Crippen LogP contribution in [0.5, 0.6) is 0 Å². The summed E-state index contributed by atoms with van der Waals surface area (Å²) in [5.41, 5.74) is 0. The van der Waals surface area contributed by atoms with E-state index in [0.717, 1.165) is 5.75 Å². The number of hydrogen-bond acceptors (Lipinski definition) is 4. The summed E-state index contributed by atoms with van der Waals surface area (Å²) in [6, 6.07) is 0. The van der Waals surface area contributed by atoms with Crippen LogP contribution in [0.2, 0.25) is 0 Å². The van der Waals surface area contributed by atoms with Crippen molar-refractivity contribution in [1.82, 2.24) is 0 Å². The van der Waals surface area contributed by atoms with Crippen molar-refractivity contribution in [2.45, 2.75) is 39.0 Å². The molecule has 0 fully saturated rings. The van der Waals surface area contributed by atoms with Crippen molar-refractivity contribution in [2.75, 3.05) is 40.3 Å². The van der Waals surface area contributed by atoms with Crippen LogP contribution in [0.1, 0.15) is 39.0 Å². The molecule has 0 aromatic heterocycles. The van der Waals surface area contributed by atoms with Gasteiger partial charge in [0, 0.05) is 0 Å². The second-order valence-corrected chi connectivity index (χ2v) is 8.10. The lowest BCUT2D eigenvalue weighted by Gasteiger charge is -2.02. The molecule has 0 aliphatic heterocycles. The summed E-state index contributed by atoms with van der Waals surface area (Å²) >= 11 is 10.6. The highest BCUT2D eigenvalue weighted by molar-refractivity contribution is 8.00. The monoisotopic (exact) mass is 312 g/mol. The molecule has 0 saturated carbocycles. The van der Waals surface area contributed by atoms with E-state index < -0.39 is 0 Å². The lowest BCUT2D eigenvalue weighted by atomic mass is 10.4. The minimum absolute atomic E-state index is 1.04. The van der Waals surface area contributed by atoms with Crippen LogP contribution in [0.4, 0.5) is 0 Å². The maximum Gasteiger partial charge on any atom is -0.00597 e. The van der Waals surface area contributed by atoms with Crippen molar-refractivity contribution in [1.29, 1.82) is 0 Å². The molecule has 104 valence electrons. The summed E-state index contributed by atoms with van der Waals surface area (Å²) in [5, 5.41) is 0. The number of rotatable bonds is 14. The SMILES string of the molecule is CCCCSCCCSCCCSCCCS. The van der Waals surface area contributed by atoms with Gasteiger partial charge in [0.1, 0.15) is 0 Å². The van der Waals surface area contributed by atoms with E-state index in [-0.39, 0.29) is 0 Å². The molecular formula is C13H28S4. The first-order valence-electron chi connectivity index (χ1n) is 6.76. The largest absolute Gasteiger partial charge is 0.179 e. The van der Waals surface area contributed by atoms with E-state index in [1.54, 1.807) is 0 Å². The van der Waals surface area contributed by atoms with Crippen LogP contribution in [0, 0.1) is 0 Å². The molecule has 4 heteroatoms. The molecule has 0 unspecified atom stereocenters. The Labute approximate surface area is 127 Å². The Morgan fingerprint density at radius 1 is 0.647 bits per heavy atom. The van der Waals surface area contributed by atoms with Crippen molar-refractivity contribution in [3.8, 4) is 0 Å². The van der Waals surface area contributed by atoms with Crippen molar-refractivity contribution < 1.29 is 0 Å². The van der Waals surface area contributed by atoms with Crippen LogP contribution in [0.3, 0.4) is 0 Å². The first kappa shape index (κ1) is 18.4. The molecule has 0 heterocycles. The smallest absolute Gasteiger partial charge is 0.00597 e. The molecule has 0 aromatic rings. The van der Waals surface area contributed by atoms with E-state index in [0.29, 0.717) is 0 Å². The van der Waals surface area contributed by atoms with Crippen LogP contribution >= 0.6 is 47.9 Å². The molecule has 0 spiro atoms. The fourth-order valence-electron chi connectivity index (χ4n) is 1.25. The molecule has 0 amide bonds. The lowest BCUT2D eigenvalue weighted by Crippen LogP contribution is -1.90. The van der Waals surface area contributed by atoms with Gasteiger partial charge in [0.15, 0.2) is 0 Å². The summed E-state index contributed by atoms with van der Waals surface area (Å²) in [6.07, 6.45) is 6.76. The summed E-state index contributed by atoms with van der Waals surface area (Å²) in [7, 11) is 0. The quantitative estimate of drug-likeness (QED) is 0.351. The van der Waals surface area contributed by atoms with Gasteiger partial charge in [-0.1, -0.05) is 13.3 Å². The number of unbranched alkanes of at least 4 members (excludes halogenated alkanes) is 1. The Kier molecular flexibility index (Phi) is 18.8. The average Bonchev–Trinajstić information content (AvgIpc) is 2.35. The van der Waals surface area contributed by atoms with Crippen molar-refractivity contribution in [3.05, 3.63) is 0 Å². The minimum Gasteiger partial charge on any atom is -0.179 e. The fraction of sp³-hybridized carbons (Fsp3) is 1.00. The Hall–Kier alpha value is 1.40. The normalized spacial score (nSPS) is 10.9. The highest BCUT2D eigenvalue weighted by Gasteiger charge is 1.93. The van der Waals surface area contributed by atoms with Crippen molar-refractivity contribution in [2.24, 2.45) is 0 Å². The standard InChI is InChI=1S/C13H28S4/c1-2-3-8-15-10-5-12-17-13-6-11-16-9-4-7-14/h14H,2-13H2,1H3. The summed E-state index contributed by atoms with van der Waals surface area (Å²) in [6.45, 7) is 2.27. The van der Waals surface area contributed by atoms with E-state index >= 15 is 0 Å². The highest BCUT2D eigenvalue weighted by Crippen LogP contribution is 2.12. The lowest BCUT2D eigenvalue weighted by molar-refractivity contribution is 0.895. The third-order valence-electron chi connectivity index (χ3n) is 2.24. The molecule has 0 N–H and O–H groups in total. The summed E-state index contributed by atoms with van der Waals surface area (Å²) in [5.74, 6) is 9.12. The van der Waals surface area contributed by atoms with E-state index in [1.807, 2.05) is 0 Å². The number of thioether (sulfide) groups is 3. The van der Waals surface area contributed by atoms with E-state index in [1.165, 1.54) is 66.6 Å². The average molecular weight is 313 g/mol. The van der Waals surface area contributed by atoms with Gasteiger partial charge in [0.2, 0.25) is 0 Å². The topological polar surface area (TPSA) is 0 Å². The Morgan fingerprint density at radius 3 is 1.47 bits per heavy atom. The third-order valence-corrected chi connectivity index (χ3v) is 6.02. The first-order chi connectivity index (χ1) is 8.41. The van der Waals surface area contributed by atoms with Gasteiger partial charge in [-0.3, -0.25) is 0 Å². The van der Waals surface area contributed by atoms with Gasteiger partial charge >= 0.3 is 0 Å². The molecule has 0 bridgehead atoms. The predicted octanol–water partition coefficient (Wildman–Crippen LogP) is 5.09. The van der Waals surface area contributed by atoms with Gasteiger partial charge in [-0.2, -0.15) is 47.9 Å². The zero-order valence-corrected chi connectivity index (χ0v) is 14.5. The minimum atomic E-state index is 1.04. The molecule has 0 aliphatic rings. The van der Waals surface area contributed by atoms with Gasteiger partial charge in [0.05, 0.1) is 0 Å². The second kappa shape index (κ2) is 17.4. The van der Waals surface area contributed by atoms with Crippen LogP contribution in [-0.2, 0) is 0 Å². The van der Waals surface area contributed by atoms with Crippen LogP contribution < -0.4 is 0 Å². The molecule has 0 rings (SSSR count). The molecular weight excluding hydrogens is 284 g/mol. The maximum absolute atomic E-state index is 4.21. The van der Waals surface area contributed by atoms with E-state index in [2.05, 4.69) is 54.8 Å². The Bertz CT molecular complexity index is 117. The molecule has 0 atom stereocenters. The number of hydrogen-bond donors (Lipinski definition) is 1. The fourth-order valence-corrected chi connectivity index (χ4v) is 4.83. The van der Waals surface area contributed by atoms with E-state index in [9.17, 15) is 0 Å². The maximum atomic E-state index is 4.21. The molecule has 0 radical (unpaired) electrons. The molecule has 0 aliphatic carbocycles. The van der Waals surface area contributed by atoms with Gasteiger partial charge in [-0.15, -0.1) is 0 Å². The van der Waals surface area contributed by atoms with Gasteiger partial charge in [-0.05, 0) is 66.0 Å². The van der Waals surface area contributed by atoms with Gasteiger partial charge < -0.3 is 0 Å². The zero-order chi connectivity index (χ0) is 12.6. The second-order valence-electron chi connectivity index (χ2n) is 3.97. The van der Waals surface area contributed by atoms with Crippen LogP contribution in [0.15, 0.2) is 0 Å². The summed E-state index contributed by atoms with van der Waals surface area (Å²) in [4.78, 5) is 0. The molecule has 0 aromatic carbocycles. The van der Waals surface area contributed by atoms with Gasteiger partial charge in [-0.25, -0.2) is 0 Å². The number of thiol groups is 1. The summed E-state index contributed by atoms with van der Waals surface area (Å²) < 4.78 is 0. The Balaban J connectivity index is 2.85. The van der Waals surface area contributed by atoms with Crippen LogP contribution in [-0.4, -0.2) is 40.3 Å². The molecule has 17 heavy (non-hydrogen) atoms. The third kappa shape index (κ3) is 17.4. The van der Waals surface area contributed by atoms with Gasteiger partial charge in [0.25, 0.3) is 0 Å². The van der Waals surface area contributed by atoms with E-state index in [4.69, 9.17) is 0 Å². The molecule has 0 nitrogen and oxygen atoms in total. The first-order valence-corrected chi connectivity index (χ1v) is 10.9. The highest BCUT2D eigenvalue weighted by atomic mass is 32.2.